The number of rotatable bonds is 1. The lowest BCUT2D eigenvalue weighted by molar-refractivity contribution is 0.122. The van der Waals surface area contributed by atoms with Gasteiger partial charge in [0.1, 0.15) is 6.07 Å². The first-order valence-electron chi connectivity index (χ1n) is 4.80. The minimum Gasteiger partial charge on any atom is -0.397 e. The Bertz CT molecular complexity index is 393. The monoisotopic (exact) mass is 204 g/mol. The molecule has 0 unspecified atom stereocenters. The smallest absolute Gasteiger partial charge is 0.165 e. The second kappa shape index (κ2) is 4.15. The molecular formula is C10H12N4O. The lowest BCUT2D eigenvalue weighted by Crippen LogP contribution is -2.37. The summed E-state index contributed by atoms with van der Waals surface area (Å²) in [4.78, 5) is 6.06. The summed E-state index contributed by atoms with van der Waals surface area (Å²) in [7, 11) is 0. The molecule has 2 rings (SSSR count). The van der Waals surface area contributed by atoms with Gasteiger partial charge in [-0.1, -0.05) is 0 Å². The molecule has 1 saturated heterocycles. The highest BCUT2D eigenvalue weighted by atomic mass is 16.5. The molecular weight excluding hydrogens is 192 g/mol. The maximum absolute atomic E-state index is 8.95. The van der Waals surface area contributed by atoms with E-state index in [1.54, 1.807) is 12.3 Å². The molecule has 5 heteroatoms. The molecule has 5 nitrogen and oxygen atoms in total. The van der Waals surface area contributed by atoms with Gasteiger partial charge in [0, 0.05) is 19.3 Å². The van der Waals surface area contributed by atoms with Gasteiger partial charge in [-0.2, -0.15) is 5.26 Å². The molecule has 1 aromatic heterocycles. The predicted octanol–water partition coefficient (Wildman–Crippen LogP) is 0.372. The Kier molecular flexibility index (Phi) is 2.70. The summed E-state index contributed by atoms with van der Waals surface area (Å²) in [5.41, 5.74) is 7.58. The minimum absolute atomic E-state index is 0.386. The number of ether oxygens (including phenoxy) is 1. The molecule has 0 atom stereocenters. The van der Waals surface area contributed by atoms with Crippen LogP contribution in [-0.4, -0.2) is 31.3 Å². The highest BCUT2D eigenvalue weighted by Gasteiger charge is 2.17. The number of nitrogen functional groups attached to an aromatic ring is 1. The average molecular weight is 204 g/mol. The van der Waals surface area contributed by atoms with Gasteiger partial charge in [-0.05, 0) is 6.07 Å². The maximum Gasteiger partial charge on any atom is 0.165 e. The Morgan fingerprint density at radius 3 is 2.87 bits per heavy atom. The van der Waals surface area contributed by atoms with E-state index in [0.29, 0.717) is 24.6 Å². The van der Waals surface area contributed by atoms with Gasteiger partial charge >= 0.3 is 0 Å². The first-order valence-corrected chi connectivity index (χ1v) is 4.80. The summed E-state index contributed by atoms with van der Waals surface area (Å²) < 4.78 is 5.25. The standard InChI is InChI=1S/C10H12N4O/c11-7-9-10(8(12)1-2-13-9)14-3-5-15-6-4-14/h1-2H,3-6H2,(H2,12,13). The normalized spacial score (nSPS) is 16.1. The molecule has 1 fully saturated rings. The van der Waals surface area contributed by atoms with Crippen molar-refractivity contribution in [3.63, 3.8) is 0 Å². The zero-order valence-electron chi connectivity index (χ0n) is 8.31. The van der Waals surface area contributed by atoms with E-state index in [1.807, 2.05) is 4.90 Å². The van der Waals surface area contributed by atoms with E-state index < -0.39 is 0 Å². The second-order valence-electron chi connectivity index (χ2n) is 3.31. The average Bonchev–Trinajstić information content (AvgIpc) is 2.29. The Morgan fingerprint density at radius 2 is 2.20 bits per heavy atom. The van der Waals surface area contributed by atoms with Gasteiger partial charge < -0.3 is 15.4 Å². The predicted molar refractivity (Wildman–Crippen MR) is 56.4 cm³/mol. The minimum atomic E-state index is 0.386. The van der Waals surface area contributed by atoms with E-state index in [-0.39, 0.29) is 0 Å². The molecule has 1 aliphatic heterocycles. The number of nitriles is 1. The van der Waals surface area contributed by atoms with Crippen molar-refractivity contribution >= 4 is 11.4 Å². The van der Waals surface area contributed by atoms with Gasteiger partial charge in [-0.25, -0.2) is 4.98 Å². The van der Waals surface area contributed by atoms with Crippen LogP contribution in [0.1, 0.15) is 5.69 Å². The van der Waals surface area contributed by atoms with Gasteiger partial charge in [0.25, 0.3) is 0 Å². The molecule has 15 heavy (non-hydrogen) atoms. The van der Waals surface area contributed by atoms with E-state index in [4.69, 9.17) is 15.7 Å². The third-order valence-electron chi connectivity index (χ3n) is 2.39. The van der Waals surface area contributed by atoms with Gasteiger partial charge in [-0.15, -0.1) is 0 Å². The molecule has 0 saturated carbocycles. The number of anilines is 2. The lowest BCUT2D eigenvalue weighted by Gasteiger charge is -2.29. The molecule has 1 aromatic rings. The Balaban J connectivity index is 2.37. The van der Waals surface area contributed by atoms with E-state index in [1.165, 1.54) is 0 Å². The van der Waals surface area contributed by atoms with Crippen molar-refractivity contribution in [2.24, 2.45) is 0 Å². The first kappa shape index (κ1) is 9.74. The molecule has 0 bridgehead atoms. The van der Waals surface area contributed by atoms with Crippen molar-refractivity contribution in [1.82, 2.24) is 4.98 Å². The van der Waals surface area contributed by atoms with Crippen molar-refractivity contribution in [2.45, 2.75) is 0 Å². The van der Waals surface area contributed by atoms with Crippen LogP contribution < -0.4 is 10.6 Å². The van der Waals surface area contributed by atoms with Crippen LogP contribution in [0.25, 0.3) is 0 Å². The van der Waals surface area contributed by atoms with Gasteiger partial charge in [0.05, 0.1) is 24.6 Å². The molecule has 0 aromatic carbocycles. The second-order valence-corrected chi connectivity index (χ2v) is 3.31. The lowest BCUT2D eigenvalue weighted by atomic mass is 10.2. The first-order chi connectivity index (χ1) is 7.33. The van der Waals surface area contributed by atoms with Crippen LogP contribution in [0.2, 0.25) is 0 Å². The summed E-state index contributed by atoms with van der Waals surface area (Å²) in [5, 5.41) is 8.95. The molecule has 0 spiro atoms. The van der Waals surface area contributed by atoms with Crippen LogP contribution >= 0.6 is 0 Å². The molecule has 2 heterocycles. The Labute approximate surface area is 88.1 Å². The van der Waals surface area contributed by atoms with Gasteiger partial charge in [0.15, 0.2) is 5.69 Å². The molecule has 0 aliphatic carbocycles. The van der Waals surface area contributed by atoms with Crippen LogP contribution in [-0.2, 0) is 4.74 Å². The molecule has 1 aliphatic rings. The van der Waals surface area contributed by atoms with Crippen molar-refractivity contribution in [3.05, 3.63) is 18.0 Å². The number of aromatic nitrogens is 1. The highest BCUT2D eigenvalue weighted by Crippen LogP contribution is 2.26. The summed E-state index contributed by atoms with van der Waals surface area (Å²) >= 11 is 0. The quantitative estimate of drug-likeness (QED) is 0.715. The number of nitrogens with two attached hydrogens (primary N) is 1. The zero-order valence-corrected chi connectivity index (χ0v) is 8.31. The summed E-state index contributed by atoms with van der Waals surface area (Å²) in [5.74, 6) is 0. The van der Waals surface area contributed by atoms with E-state index in [9.17, 15) is 0 Å². The number of hydrogen-bond donors (Lipinski definition) is 1. The fraction of sp³-hybridized carbons (Fsp3) is 0.400. The van der Waals surface area contributed by atoms with Crippen molar-refractivity contribution < 1.29 is 4.74 Å². The van der Waals surface area contributed by atoms with E-state index in [0.717, 1.165) is 18.8 Å². The van der Waals surface area contributed by atoms with Gasteiger partial charge in [-0.3, -0.25) is 0 Å². The van der Waals surface area contributed by atoms with Gasteiger partial charge in [0.2, 0.25) is 0 Å². The third-order valence-corrected chi connectivity index (χ3v) is 2.39. The molecule has 0 amide bonds. The van der Waals surface area contributed by atoms with Crippen LogP contribution in [0.5, 0.6) is 0 Å². The number of pyridine rings is 1. The topological polar surface area (TPSA) is 75.2 Å². The Morgan fingerprint density at radius 1 is 1.47 bits per heavy atom. The van der Waals surface area contributed by atoms with Crippen LogP contribution in [0, 0.1) is 11.3 Å². The molecule has 78 valence electrons. The summed E-state index contributed by atoms with van der Waals surface area (Å²) in [6.07, 6.45) is 1.55. The van der Waals surface area contributed by atoms with Crippen molar-refractivity contribution in [1.29, 1.82) is 5.26 Å². The molecule has 2 N–H and O–H groups in total. The fourth-order valence-corrected chi connectivity index (χ4v) is 1.67. The number of morpholine rings is 1. The third kappa shape index (κ3) is 1.85. The SMILES string of the molecule is N#Cc1nccc(N)c1N1CCOCC1. The van der Waals surface area contributed by atoms with E-state index >= 15 is 0 Å². The largest absolute Gasteiger partial charge is 0.397 e. The maximum atomic E-state index is 8.95. The summed E-state index contributed by atoms with van der Waals surface area (Å²) in [6, 6.07) is 3.77. The van der Waals surface area contributed by atoms with Crippen LogP contribution in [0.3, 0.4) is 0 Å². The van der Waals surface area contributed by atoms with Crippen molar-refractivity contribution in [2.75, 3.05) is 36.9 Å². The van der Waals surface area contributed by atoms with E-state index in [2.05, 4.69) is 11.1 Å². The Hall–Kier alpha value is -1.80. The zero-order chi connectivity index (χ0) is 10.7. The number of hydrogen-bond acceptors (Lipinski definition) is 5. The van der Waals surface area contributed by atoms with Crippen LogP contribution in [0.4, 0.5) is 11.4 Å². The highest BCUT2D eigenvalue weighted by molar-refractivity contribution is 5.72. The number of nitrogens with zero attached hydrogens (tertiary/aromatic N) is 3. The summed E-state index contributed by atoms with van der Waals surface area (Å²) in [6.45, 7) is 2.84. The van der Waals surface area contributed by atoms with Crippen molar-refractivity contribution in [3.8, 4) is 6.07 Å². The van der Waals surface area contributed by atoms with Crippen LogP contribution in [0.15, 0.2) is 12.3 Å². The fourth-order valence-electron chi connectivity index (χ4n) is 1.67. The molecule has 0 radical (unpaired) electrons.